The molecule has 0 aliphatic carbocycles. The smallest absolute Gasteiger partial charge is 0.350 e. The van der Waals surface area contributed by atoms with Crippen LogP contribution in [0.25, 0.3) is 10.6 Å². The van der Waals surface area contributed by atoms with E-state index in [0.29, 0.717) is 27.1 Å². The minimum atomic E-state index is -0.538. The highest BCUT2D eigenvalue weighted by Gasteiger charge is 2.18. The van der Waals surface area contributed by atoms with E-state index in [-0.39, 0.29) is 12.5 Å². The monoisotopic (exact) mass is 366 g/mol. The lowest BCUT2D eigenvalue weighted by atomic mass is 10.2. The quantitative estimate of drug-likeness (QED) is 0.597. The van der Waals surface area contributed by atoms with E-state index in [1.54, 1.807) is 19.1 Å². The summed E-state index contributed by atoms with van der Waals surface area (Å²) in [5, 5.41) is 3.99. The van der Waals surface area contributed by atoms with Crippen molar-refractivity contribution in [1.29, 1.82) is 0 Å². The molecular formula is C17H19ClN2O3S. The van der Waals surface area contributed by atoms with Crippen LogP contribution in [0.2, 0.25) is 5.02 Å². The lowest BCUT2D eigenvalue weighted by Crippen LogP contribution is -2.29. The summed E-state index contributed by atoms with van der Waals surface area (Å²) in [6.07, 6.45) is 1.89. The summed E-state index contributed by atoms with van der Waals surface area (Å²) >= 11 is 7.21. The number of aromatic nitrogens is 1. The predicted molar refractivity (Wildman–Crippen MR) is 95.5 cm³/mol. The fourth-order valence-corrected chi connectivity index (χ4v) is 3.13. The standard InChI is InChI=1S/C17H19ClN2O3S/c1-3-4-8-19-14(21)10-23-17(22)15-11(2)20-16(24-15)12-6-5-7-13(18)9-12/h5-7,9H,3-4,8,10H2,1-2H3,(H,19,21). The molecule has 1 heterocycles. The average Bonchev–Trinajstić information content (AvgIpc) is 2.95. The van der Waals surface area contributed by atoms with Crippen molar-refractivity contribution in [3.8, 4) is 10.6 Å². The van der Waals surface area contributed by atoms with E-state index in [2.05, 4.69) is 10.3 Å². The van der Waals surface area contributed by atoms with Gasteiger partial charge in [0.1, 0.15) is 9.88 Å². The summed E-state index contributed by atoms with van der Waals surface area (Å²) in [6, 6.07) is 7.27. The van der Waals surface area contributed by atoms with E-state index in [4.69, 9.17) is 16.3 Å². The highest BCUT2D eigenvalue weighted by molar-refractivity contribution is 7.17. The second kappa shape index (κ2) is 8.80. The van der Waals surface area contributed by atoms with Crippen LogP contribution in [0.4, 0.5) is 0 Å². The third kappa shape index (κ3) is 5.04. The van der Waals surface area contributed by atoms with Crippen LogP contribution in [-0.2, 0) is 9.53 Å². The van der Waals surface area contributed by atoms with E-state index in [9.17, 15) is 9.59 Å². The molecule has 0 radical (unpaired) electrons. The molecule has 2 rings (SSSR count). The van der Waals surface area contributed by atoms with Gasteiger partial charge in [0.25, 0.3) is 5.91 Å². The number of esters is 1. The van der Waals surface area contributed by atoms with E-state index in [1.807, 2.05) is 19.1 Å². The molecule has 0 saturated heterocycles. The van der Waals surface area contributed by atoms with E-state index in [0.717, 1.165) is 18.4 Å². The summed E-state index contributed by atoms with van der Waals surface area (Å²) in [7, 11) is 0. The van der Waals surface area contributed by atoms with Gasteiger partial charge in [0.2, 0.25) is 0 Å². The molecule has 5 nitrogen and oxygen atoms in total. The van der Waals surface area contributed by atoms with Gasteiger partial charge in [-0.3, -0.25) is 4.79 Å². The van der Waals surface area contributed by atoms with Crippen molar-refractivity contribution in [2.45, 2.75) is 26.7 Å². The first-order valence-electron chi connectivity index (χ1n) is 7.68. The molecule has 24 heavy (non-hydrogen) atoms. The van der Waals surface area contributed by atoms with E-state index >= 15 is 0 Å². The van der Waals surface area contributed by atoms with Crippen molar-refractivity contribution < 1.29 is 14.3 Å². The van der Waals surface area contributed by atoms with Crippen molar-refractivity contribution in [2.75, 3.05) is 13.2 Å². The number of thiazole rings is 1. The number of benzene rings is 1. The van der Waals surface area contributed by atoms with Crippen LogP contribution in [0, 0.1) is 6.92 Å². The Bertz CT molecular complexity index is 730. The van der Waals surface area contributed by atoms with Gasteiger partial charge in [0.15, 0.2) is 6.61 Å². The fraction of sp³-hybridized carbons (Fsp3) is 0.353. The van der Waals surface area contributed by atoms with E-state index < -0.39 is 5.97 Å². The number of aryl methyl sites for hydroxylation is 1. The summed E-state index contributed by atoms with van der Waals surface area (Å²) < 4.78 is 5.07. The molecule has 0 fully saturated rings. The first-order valence-corrected chi connectivity index (χ1v) is 8.88. The van der Waals surface area contributed by atoms with E-state index in [1.165, 1.54) is 11.3 Å². The zero-order valence-corrected chi connectivity index (χ0v) is 15.2. The van der Waals surface area contributed by atoms with Crippen LogP contribution >= 0.6 is 22.9 Å². The molecule has 0 aliphatic heterocycles. The molecule has 0 spiro atoms. The molecule has 0 bridgehead atoms. The molecule has 0 saturated carbocycles. The minimum absolute atomic E-state index is 0.285. The summed E-state index contributed by atoms with van der Waals surface area (Å²) in [5.74, 6) is -0.835. The summed E-state index contributed by atoms with van der Waals surface area (Å²) in [4.78, 5) is 28.5. The number of carbonyl (C=O) groups is 2. The lowest BCUT2D eigenvalue weighted by Gasteiger charge is -2.05. The number of amides is 1. The SMILES string of the molecule is CCCCNC(=O)COC(=O)c1sc(-c2cccc(Cl)c2)nc1C. The van der Waals surface area contributed by atoms with Crippen LogP contribution in [0.5, 0.6) is 0 Å². The van der Waals surface area contributed by atoms with Gasteiger partial charge in [-0.15, -0.1) is 11.3 Å². The Hall–Kier alpha value is -1.92. The molecule has 1 aromatic carbocycles. The molecule has 128 valence electrons. The Morgan fingerprint density at radius 2 is 2.17 bits per heavy atom. The minimum Gasteiger partial charge on any atom is -0.451 e. The van der Waals surface area contributed by atoms with Crippen molar-refractivity contribution in [1.82, 2.24) is 10.3 Å². The van der Waals surface area contributed by atoms with Gasteiger partial charge >= 0.3 is 5.97 Å². The van der Waals surface area contributed by atoms with Crippen LogP contribution in [0.15, 0.2) is 24.3 Å². The number of nitrogens with zero attached hydrogens (tertiary/aromatic N) is 1. The van der Waals surface area contributed by atoms with Gasteiger partial charge in [-0.2, -0.15) is 0 Å². The van der Waals surface area contributed by atoms with Gasteiger partial charge in [0, 0.05) is 17.1 Å². The predicted octanol–water partition coefficient (Wildman–Crippen LogP) is 3.85. The molecule has 1 aromatic heterocycles. The normalized spacial score (nSPS) is 10.5. The Balaban J connectivity index is 1.99. The first-order chi connectivity index (χ1) is 11.5. The number of hydrogen-bond acceptors (Lipinski definition) is 5. The maximum absolute atomic E-state index is 12.2. The third-order valence-electron chi connectivity index (χ3n) is 3.24. The van der Waals surface area contributed by atoms with Gasteiger partial charge in [-0.05, 0) is 25.5 Å². The number of nitrogens with one attached hydrogen (secondary N) is 1. The summed E-state index contributed by atoms with van der Waals surface area (Å²) in [5.41, 5.74) is 1.42. The number of ether oxygens (including phenoxy) is 1. The number of hydrogen-bond donors (Lipinski definition) is 1. The molecule has 0 aliphatic rings. The van der Waals surface area contributed by atoms with Crippen molar-refractivity contribution in [3.05, 3.63) is 39.9 Å². The number of carbonyl (C=O) groups excluding carboxylic acids is 2. The third-order valence-corrected chi connectivity index (χ3v) is 4.66. The van der Waals surface area contributed by atoms with Crippen molar-refractivity contribution >= 4 is 34.8 Å². The van der Waals surface area contributed by atoms with Gasteiger partial charge in [0.05, 0.1) is 5.69 Å². The molecule has 7 heteroatoms. The second-order valence-electron chi connectivity index (χ2n) is 5.22. The van der Waals surface area contributed by atoms with Crippen LogP contribution in [-0.4, -0.2) is 30.0 Å². The lowest BCUT2D eigenvalue weighted by molar-refractivity contribution is -0.124. The van der Waals surface area contributed by atoms with Gasteiger partial charge < -0.3 is 10.1 Å². The maximum atomic E-state index is 12.2. The average molecular weight is 367 g/mol. The van der Waals surface area contributed by atoms with Crippen LogP contribution in [0.3, 0.4) is 0 Å². The van der Waals surface area contributed by atoms with Crippen molar-refractivity contribution in [2.24, 2.45) is 0 Å². The highest BCUT2D eigenvalue weighted by atomic mass is 35.5. The van der Waals surface area contributed by atoms with Crippen LogP contribution < -0.4 is 5.32 Å². The molecule has 2 aromatic rings. The molecule has 1 amide bonds. The Morgan fingerprint density at radius 1 is 1.38 bits per heavy atom. The van der Waals surface area contributed by atoms with Crippen LogP contribution in [0.1, 0.15) is 35.1 Å². The molecule has 0 unspecified atom stereocenters. The molecule has 0 atom stereocenters. The zero-order valence-electron chi connectivity index (χ0n) is 13.6. The fourth-order valence-electron chi connectivity index (χ4n) is 1.98. The zero-order chi connectivity index (χ0) is 17.5. The first kappa shape index (κ1) is 18.4. The topological polar surface area (TPSA) is 68.3 Å². The Labute approximate surface area is 150 Å². The number of rotatable bonds is 7. The Morgan fingerprint density at radius 3 is 2.88 bits per heavy atom. The largest absolute Gasteiger partial charge is 0.451 e. The van der Waals surface area contributed by atoms with Crippen molar-refractivity contribution in [3.63, 3.8) is 0 Å². The molecule has 1 N–H and O–H groups in total. The van der Waals surface area contributed by atoms with Gasteiger partial charge in [-0.1, -0.05) is 37.1 Å². The molecular weight excluding hydrogens is 348 g/mol. The summed E-state index contributed by atoms with van der Waals surface area (Å²) in [6.45, 7) is 4.08. The number of unbranched alkanes of at least 4 members (excludes halogenated alkanes) is 1. The maximum Gasteiger partial charge on any atom is 0.350 e. The number of halogens is 1. The van der Waals surface area contributed by atoms with Gasteiger partial charge in [-0.25, -0.2) is 9.78 Å². The second-order valence-corrected chi connectivity index (χ2v) is 6.66. The highest BCUT2D eigenvalue weighted by Crippen LogP contribution is 2.29. The Kier molecular flexibility index (Phi) is 6.75.